The van der Waals surface area contributed by atoms with Crippen molar-refractivity contribution in [2.75, 3.05) is 0 Å². The van der Waals surface area contributed by atoms with E-state index in [-0.39, 0.29) is 22.4 Å². The standard InChI is InChI=1S/C15H10O6/c16-7-12-3-8(1-2-13(12)17)9-4-10(14(18)19)6-11(5-9)15(20)21/h1-7,17H,(H,18,19)(H,20,21). The maximum Gasteiger partial charge on any atom is 0.335 e. The molecule has 0 unspecified atom stereocenters. The minimum Gasteiger partial charge on any atom is -0.507 e. The van der Waals surface area contributed by atoms with Gasteiger partial charge in [-0.05, 0) is 41.5 Å². The van der Waals surface area contributed by atoms with Gasteiger partial charge in [-0.2, -0.15) is 0 Å². The maximum absolute atomic E-state index is 11.0. The second kappa shape index (κ2) is 5.46. The van der Waals surface area contributed by atoms with Gasteiger partial charge in [-0.3, -0.25) is 4.79 Å². The quantitative estimate of drug-likeness (QED) is 0.743. The fourth-order valence-corrected chi connectivity index (χ4v) is 1.87. The molecule has 6 nitrogen and oxygen atoms in total. The van der Waals surface area contributed by atoms with E-state index in [1.54, 1.807) is 0 Å². The predicted molar refractivity (Wildman–Crippen MR) is 72.8 cm³/mol. The van der Waals surface area contributed by atoms with Crippen LogP contribution in [0.5, 0.6) is 5.75 Å². The Hall–Kier alpha value is -3.15. The largest absolute Gasteiger partial charge is 0.507 e. The van der Waals surface area contributed by atoms with Crippen molar-refractivity contribution >= 4 is 18.2 Å². The highest BCUT2D eigenvalue weighted by Crippen LogP contribution is 2.27. The van der Waals surface area contributed by atoms with Crippen LogP contribution < -0.4 is 0 Å². The molecule has 21 heavy (non-hydrogen) atoms. The number of carbonyl (C=O) groups is 3. The molecule has 2 rings (SSSR count). The van der Waals surface area contributed by atoms with Gasteiger partial charge in [-0.1, -0.05) is 6.07 Å². The first-order valence-electron chi connectivity index (χ1n) is 5.82. The summed E-state index contributed by atoms with van der Waals surface area (Å²) < 4.78 is 0. The molecule has 3 N–H and O–H groups in total. The van der Waals surface area contributed by atoms with Crippen molar-refractivity contribution in [1.82, 2.24) is 0 Å². The van der Waals surface area contributed by atoms with E-state index >= 15 is 0 Å². The van der Waals surface area contributed by atoms with Gasteiger partial charge in [0, 0.05) is 0 Å². The normalized spacial score (nSPS) is 10.1. The Labute approximate surface area is 118 Å². The Morgan fingerprint density at radius 3 is 1.90 bits per heavy atom. The van der Waals surface area contributed by atoms with E-state index in [0.717, 1.165) is 6.07 Å². The Morgan fingerprint density at radius 1 is 0.857 bits per heavy atom. The van der Waals surface area contributed by atoms with Gasteiger partial charge in [-0.25, -0.2) is 9.59 Å². The monoisotopic (exact) mass is 286 g/mol. The van der Waals surface area contributed by atoms with Crippen LogP contribution >= 0.6 is 0 Å². The molecular weight excluding hydrogens is 276 g/mol. The Kier molecular flexibility index (Phi) is 3.71. The number of rotatable bonds is 4. The zero-order chi connectivity index (χ0) is 15.6. The predicted octanol–water partition coefficient (Wildman–Crippen LogP) is 2.27. The zero-order valence-corrected chi connectivity index (χ0v) is 10.6. The van der Waals surface area contributed by atoms with Gasteiger partial charge in [0.1, 0.15) is 5.75 Å². The topological polar surface area (TPSA) is 112 Å². The average Bonchev–Trinajstić information content (AvgIpc) is 2.47. The summed E-state index contributed by atoms with van der Waals surface area (Å²) in [6.45, 7) is 0. The van der Waals surface area contributed by atoms with E-state index in [1.807, 2.05) is 0 Å². The fraction of sp³-hybridized carbons (Fsp3) is 0. The van der Waals surface area contributed by atoms with Crippen LogP contribution in [0.2, 0.25) is 0 Å². The molecule has 0 heterocycles. The summed E-state index contributed by atoms with van der Waals surface area (Å²) in [6.07, 6.45) is 0.456. The van der Waals surface area contributed by atoms with Crippen molar-refractivity contribution in [3.63, 3.8) is 0 Å². The van der Waals surface area contributed by atoms with Crippen LogP contribution in [0.25, 0.3) is 11.1 Å². The van der Waals surface area contributed by atoms with Crippen molar-refractivity contribution in [3.8, 4) is 16.9 Å². The third kappa shape index (κ3) is 2.89. The molecule has 0 atom stereocenters. The number of benzene rings is 2. The molecule has 2 aromatic rings. The number of carboxylic acid groups (broad SMARTS) is 2. The summed E-state index contributed by atoms with van der Waals surface area (Å²) >= 11 is 0. The molecule has 0 bridgehead atoms. The Balaban J connectivity index is 2.65. The third-order valence-corrected chi connectivity index (χ3v) is 2.91. The number of phenolic OH excluding ortho intramolecular Hbond substituents is 1. The lowest BCUT2D eigenvalue weighted by Gasteiger charge is -2.07. The number of hydrogen-bond acceptors (Lipinski definition) is 4. The van der Waals surface area contributed by atoms with E-state index in [4.69, 9.17) is 10.2 Å². The second-order valence-corrected chi connectivity index (χ2v) is 4.30. The molecule has 106 valence electrons. The minimum atomic E-state index is -1.26. The molecule has 0 aliphatic heterocycles. The van der Waals surface area contributed by atoms with E-state index in [0.29, 0.717) is 17.4 Å². The summed E-state index contributed by atoms with van der Waals surface area (Å²) in [4.78, 5) is 32.9. The maximum atomic E-state index is 11.0. The molecule has 0 amide bonds. The summed E-state index contributed by atoms with van der Waals surface area (Å²) in [5.74, 6) is -2.72. The lowest BCUT2D eigenvalue weighted by atomic mass is 9.98. The number of aromatic carboxylic acids is 2. The van der Waals surface area contributed by atoms with Gasteiger partial charge in [0.25, 0.3) is 0 Å². The van der Waals surface area contributed by atoms with Gasteiger partial charge in [-0.15, -0.1) is 0 Å². The first-order chi connectivity index (χ1) is 9.92. The van der Waals surface area contributed by atoms with Gasteiger partial charge < -0.3 is 15.3 Å². The first kappa shape index (κ1) is 14.3. The van der Waals surface area contributed by atoms with Crippen LogP contribution in [-0.4, -0.2) is 33.5 Å². The van der Waals surface area contributed by atoms with Crippen molar-refractivity contribution in [2.45, 2.75) is 0 Å². The number of aldehydes is 1. The smallest absolute Gasteiger partial charge is 0.335 e. The van der Waals surface area contributed by atoms with E-state index in [2.05, 4.69) is 0 Å². The highest BCUT2D eigenvalue weighted by Gasteiger charge is 2.13. The molecule has 0 aliphatic carbocycles. The van der Waals surface area contributed by atoms with E-state index in [9.17, 15) is 19.5 Å². The molecule has 0 aliphatic rings. The molecule has 6 heteroatoms. The zero-order valence-electron chi connectivity index (χ0n) is 10.6. The van der Waals surface area contributed by atoms with Crippen LogP contribution in [0.15, 0.2) is 36.4 Å². The molecule has 0 saturated heterocycles. The number of aromatic hydroxyl groups is 1. The summed E-state index contributed by atoms with van der Waals surface area (Å²) in [5, 5.41) is 27.5. The molecule has 0 saturated carbocycles. The van der Waals surface area contributed by atoms with Gasteiger partial charge in [0.05, 0.1) is 16.7 Å². The highest BCUT2D eigenvalue weighted by atomic mass is 16.4. The van der Waals surface area contributed by atoms with Gasteiger partial charge >= 0.3 is 11.9 Å². The molecular formula is C15H10O6. The molecule has 0 aromatic heterocycles. The average molecular weight is 286 g/mol. The molecule has 0 radical (unpaired) electrons. The summed E-state index contributed by atoms with van der Waals surface area (Å²) in [5.41, 5.74) is 0.442. The Morgan fingerprint density at radius 2 is 1.43 bits per heavy atom. The number of carbonyl (C=O) groups excluding carboxylic acids is 1. The van der Waals surface area contributed by atoms with Gasteiger partial charge in [0.15, 0.2) is 6.29 Å². The van der Waals surface area contributed by atoms with Gasteiger partial charge in [0.2, 0.25) is 0 Å². The van der Waals surface area contributed by atoms with Crippen LogP contribution in [-0.2, 0) is 0 Å². The SMILES string of the molecule is O=Cc1cc(-c2cc(C(=O)O)cc(C(=O)O)c2)ccc1O. The molecule has 0 fully saturated rings. The van der Waals surface area contributed by atoms with Crippen molar-refractivity contribution in [3.05, 3.63) is 53.1 Å². The number of carboxylic acids is 2. The molecule has 2 aromatic carbocycles. The summed E-state index contributed by atoms with van der Waals surface area (Å²) in [6, 6.07) is 7.76. The third-order valence-electron chi connectivity index (χ3n) is 2.91. The van der Waals surface area contributed by atoms with E-state index < -0.39 is 11.9 Å². The lowest BCUT2D eigenvalue weighted by molar-refractivity contribution is 0.0696. The fourth-order valence-electron chi connectivity index (χ4n) is 1.87. The van der Waals surface area contributed by atoms with E-state index in [1.165, 1.54) is 30.3 Å². The Bertz CT molecular complexity index is 716. The first-order valence-corrected chi connectivity index (χ1v) is 5.82. The van der Waals surface area contributed by atoms with Crippen molar-refractivity contribution in [2.24, 2.45) is 0 Å². The highest BCUT2D eigenvalue weighted by molar-refractivity contribution is 5.96. The van der Waals surface area contributed by atoms with Crippen molar-refractivity contribution in [1.29, 1.82) is 0 Å². The van der Waals surface area contributed by atoms with Crippen LogP contribution in [0.3, 0.4) is 0 Å². The number of hydrogen-bond donors (Lipinski definition) is 3. The summed E-state index contributed by atoms with van der Waals surface area (Å²) in [7, 11) is 0. The lowest BCUT2D eigenvalue weighted by Crippen LogP contribution is -2.03. The molecule has 0 spiro atoms. The second-order valence-electron chi connectivity index (χ2n) is 4.30. The van der Waals surface area contributed by atoms with Crippen LogP contribution in [0.4, 0.5) is 0 Å². The van der Waals surface area contributed by atoms with Crippen molar-refractivity contribution < 1.29 is 29.7 Å². The number of phenols is 1. The van der Waals surface area contributed by atoms with Crippen LogP contribution in [0.1, 0.15) is 31.1 Å². The van der Waals surface area contributed by atoms with Crippen LogP contribution in [0, 0.1) is 0 Å². The minimum absolute atomic E-state index is 0.0325.